The predicted molar refractivity (Wildman–Crippen MR) is 81.8 cm³/mol. The van der Waals surface area contributed by atoms with Crippen LogP contribution in [0.25, 0.3) is 0 Å². The minimum atomic E-state index is -0.349. The lowest BCUT2D eigenvalue weighted by molar-refractivity contribution is 0.0929. The molecule has 1 saturated heterocycles. The number of hydrogen-bond donors (Lipinski definition) is 1. The molecular weight excluding hydrogens is 283 g/mol. The van der Waals surface area contributed by atoms with Gasteiger partial charge in [-0.15, -0.1) is 0 Å². The zero-order valence-corrected chi connectivity index (χ0v) is 12.3. The van der Waals surface area contributed by atoms with E-state index in [2.05, 4.69) is 14.9 Å². The van der Waals surface area contributed by atoms with Gasteiger partial charge in [-0.2, -0.15) is 0 Å². The lowest BCUT2D eigenvalue weighted by Crippen LogP contribution is -2.38. The molecule has 1 aromatic heterocycles. The SMILES string of the molecule is Nc1c(F)cccc1CN1CCC(Oc2cnccn2)CC1. The monoisotopic (exact) mass is 302 g/mol. The van der Waals surface area contributed by atoms with Gasteiger partial charge in [-0.25, -0.2) is 9.37 Å². The number of aromatic nitrogens is 2. The normalized spacial score (nSPS) is 16.6. The number of likely N-dealkylation sites (tertiary alicyclic amines) is 1. The van der Waals surface area contributed by atoms with Crippen molar-refractivity contribution in [2.75, 3.05) is 18.8 Å². The molecule has 0 bridgehead atoms. The molecule has 6 heteroatoms. The number of nitrogens with two attached hydrogens (primary N) is 1. The Hall–Kier alpha value is -2.21. The van der Waals surface area contributed by atoms with Crippen LogP contribution in [0.5, 0.6) is 5.88 Å². The number of piperidine rings is 1. The van der Waals surface area contributed by atoms with Crippen LogP contribution in [0, 0.1) is 5.82 Å². The van der Waals surface area contributed by atoms with Gasteiger partial charge >= 0.3 is 0 Å². The second-order valence-corrected chi connectivity index (χ2v) is 5.45. The van der Waals surface area contributed by atoms with Gasteiger partial charge in [0, 0.05) is 32.0 Å². The molecule has 5 nitrogen and oxygen atoms in total. The molecule has 2 N–H and O–H groups in total. The van der Waals surface area contributed by atoms with Crippen LogP contribution in [0.15, 0.2) is 36.8 Å². The van der Waals surface area contributed by atoms with Gasteiger partial charge in [-0.3, -0.25) is 9.88 Å². The summed E-state index contributed by atoms with van der Waals surface area (Å²) in [6, 6.07) is 4.96. The summed E-state index contributed by atoms with van der Waals surface area (Å²) in [4.78, 5) is 10.4. The van der Waals surface area contributed by atoms with Crippen LogP contribution in [0.1, 0.15) is 18.4 Å². The highest BCUT2D eigenvalue weighted by Crippen LogP contribution is 2.21. The zero-order chi connectivity index (χ0) is 15.4. The largest absolute Gasteiger partial charge is 0.473 e. The molecule has 0 unspecified atom stereocenters. The number of nitrogen functional groups attached to an aromatic ring is 1. The van der Waals surface area contributed by atoms with E-state index in [4.69, 9.17) is 10.5 Å². The summed E-state index contributed by atoms with van der Waals surface area (Å²) in [7, 11) is 0. The maximum atomic E-state index is 13.5. The Morgan fingerprint density at radius 1 is 1.27 bits per heavy atom. The molecule has 1 aliphatic rings. The lowest BCUT2D eigenvalue weighted by Gasteiger charge is -2.32. The molecule has 2 heterocycles. The summed E-state index contributed by atoms with van der Waals surface area (Å²) in [6.07, 6.45) is 6.84. The van der Waals surface area contributed by atoms with Crippen molar-refractivity contribution in [3.05, 3.63) is 48.2 Å². The molecule has 22 heavy (non-hydrogen) atoms. The molecule has 1 fully saturated rings. The van der Waals surface area contributed by atoms with Crippen LogP contribution in [0.4, 0.5) is 10.1 Å². The molecule has 0 aliphatic carbocycles. The summed E-state index contributed by atoms with van der Waals surface area (Å²) in [5.41, 5.74) is 6.88. The topological polar surface area (TPSA) is 64.3 Å². The highest BCUT2D eigenvalue weighted by molar-refractivity contribution is 5.47. The Morgan fingerprint density at radius 2 is 2.09 bits per heavy atom. The first kappa shape index (κ1) is 14.7. The van der Waals surface area contributed by atoms with Crippen LogP contribution in [0.2, 0.25) is 0 Å². The van der Waals surface area contributed by atoms with Crippen LogP contribution < -0.4 is 10.5 Å². The number of hydrogen-bond acceptors (Lipinski definition) is 5. The third-order valence-corrected chi connectivity index (χ3v) is 3.90. The highest BCUT2D eigenvalue weighted by atomic mass is 19.1. The molecule has 0 amide bonds. The second kappa shape index (κ2) is 6.70. The van der Waals surface area contributed by atoms with Gasteiger partial charge in [0.1, 0.15) is 11.9 Å². The van der Waals surface area contributed by atoms with Gasteiger partial charge in [0.25, 0.3) is 0 Å². The summed E-state index contributed by atoms with van der Waals surface area (Å²) in [5.74, 6) is 0.216. The Kier molecular flexibility index (Phi) is 4.48. The second-order valence-electron chi connectivity index (χ2n) is 5.45. The molecule has 116 valence electrons. The van der Waals surface area contributed by atoms with E-state index in [1.807, 2.05) is 6.07 Å². The summed E-state index contributed by atoms with van der Waals surface area (Å²) in [5, 5.41) is 0. The van der Waals surface area contributed by atoms with Gasteiger partial charge < -0.3 is 10.5 Å². The van der Waals surface area contributed by atoms with E-state index in [9.17, 15) is 4.39 Å². The van der Waals surface area contributed by atoms with Crippen molar-refractivity contribution in [2.45, 2.75) is 25.5 Å². The van der Waals surface area contributed by atoms with Gasteiger partial charge in [0.15, 0.2) is 0 Å². The average molecular weight is 302 g/mol. The van der Waals surface area contributed by atoms with Crippen molar-refractivity contribution in [3.8, 4) is 5.88 Å². The van der Waals surface area contributed by atoms with E-state index in [1.165, 1.54) is 6.07 Å². The van der Waals surface area contributed by atoms with E-state index in [1.54, 1.807) is 24.7 Å². The van der Waals surface area contributed by atoms with Gasteiger partial charge in [0.2, 0.25) is 5.88 Å². The van der Waals surface area contributed by atoms with Crippen molar-refractivity contribution in [2.24, 2.45) is 0 Å². The number of benzene rings is 1. The first-order valence-electron chi connectivity index (χ1n) is 7.40. The van der Waals surface area contributed by atoms with E-state index >= 15 is 0 Å². The quantitative estimate of drug-likeness (QED) is 0.878. The first-order chi connectivity index (χ1) is 10.7. The molecule has 3 rings (SSSR count). The Morgan fingerprint density at radius 3 is 2.82 bits per heavy atom. The number of para-hydroxylation sites is 1. The molecule has 0 atom stereocenters. The van der Waals surface area contributed by atoms with Crippen LogP contribution >= 0.6 is 0 Å². The fourth-order valence-electron chi connectivity index (χ4n) is 2.66. The number of ether oxygens (including phenoxy) is 1. The molecule has 1 aromatic carbocycles. The number of rotatable bonds is 4. The predicted octanol–water partition coefficient (Wildman–Crippen LogP) is 2.24. The van der Waals surface area contributed by atoms with Crippen molar-refractivity contribution in [1.82, 2.24) is 14.9 Å². The number of halogens is 1. The molecule has 0 saturated carbocycles. The summed E-state index contributed by atoms with van der Waals surface area (Å²) in [6.45, 7) is 2.45. The van der Waals surface area contributed by atoms with E-state index in [-0.39, 0.29) is 17.6 Å². The average Bonchev–Trinajstić information content (AvgIpc) is 2.55. The Labute approximate surface area is 128 Å². The fraction of sp³-hybridized carbons (Fsp3) is 0.375. The first-order valence-corrected chi connectivity index (χ1v) is 7.40. The molecule has 2 aromatic rings. The van der Waals surface area contributed by atoms with E-state index in [0.717, 1.165) is 31.5 Å². The Balaban J connectivity index is 1.52. The Bertz CT molecular complexity index is 615. The minimum Gasteiger partial charge on any atom is -0.473 e. The molecular formula is C16H19FN4O. The third kappa shape index (κ3) is 3.51. The van der Waals surface area contributed by atoms with Gasteiger partial charge in [-0.1, -0.05) is 12.1 Å². The van der Waals surface area contributed by atoms with Crippen LogP contribution in [0.3, 0.4) is 0 Å². The number of anilines is 1. The van der Waals surface area contributed by atoms with Crippen LogP contribution in [-0.2, 0) is 6.54 Å². The third-order valence-electron chi connectivity index (χ3n) is 3.90. The summed E-state index contributed by atoms with van der Waals surface area (Å²) < 4.78 is 19.3. The zero-order valence-electron chi connectivity index (χ0n) is 12.3. The van der Waals surface area contributed by atoms with Crippen molar-refractivity contribution >= 4 is 5.69 Å². The van der Waals surface area contributed by atoms with Crippen molar-refractivity contribution in [3.63, 3.8) is 0 Å². The lowest BCUT2D eigenvalue weighted by atomic mass is 10.1. The van der Waals surface area contributed by atoms with E-state index in [0.29, 0.717) is 12.4 Å². The van der Waals surface area contributed by atoms with Crippen molar-refractivity contribution in [1.29, 1.82) is 0 Å². The number of nitrogens with zero attached hydrogens (tertiary/aromatic N) is 3. The van der Waals surface area contributed by atoms with Gasteiger partial charge in [0.05, 0.1) is 11.9 Å². The van der Waals surface area contributed by atoms with Crippen LogP contribution in [-0.4, -0.2) is 34.1 Å². The maximum absolute atomic E-state index is 13.5. The molecule has 1 aliphatic heterocycles. The standard InChI is InChI=1S/C16H19FN4O/c17-14-3-1-2-12(16(14)18)11-21-8-4-13(5-9-21)22-15-10-19-6-7-20-15/h1-3,6-7,10,13H,4-5,8-9,11,18H2. The highest BCUT2D eigenvalue weighted by Gasteiger charge is 2.21. The molecule has 0 spiro atoms. The fourth-order valence-corrected chi connectivity index (χ4v) is 2.66. The van der Waals surface area contributed by atoms with Gasteiger partial charge in [-0.05, 0) is 24.5 Å². The van der Waals surface area contributed by atoms with E-state index < -0.39 is 0 Å². The molecule has 0 radical (unpaired) electrons. The van der Waals surface area contributed by atoms with Crippen molar-refractivity contribution < 1.29 is 9.13 Å². The smallest absolute Gasteiger partial charge is 0.232 e. The summed E-state index contributed by atoms with van der Waals surface area (Å²) >= 11 is 0. The minimum absolute atomic E-state index is 0.151. The maximum Gasteiger partial charge on any atom is 0.232 e.